The van der Waals surface area contributed by atoms with Crippen molar-refractivity contribution in [2.24, 2.45) is 0 Å². The first kappa shape index (κ1) is 21.5. The van der Waals surface area contributed by atoms with Crippen molar-refractivity contribution < 1.29 is 27.4 Å². The molecule has 1 heterocycles. The second kappa shape index (κ2) is 9.09. The number of hydrogen-bond donors (Lipinski definition) is 2. The van der Waals surface area contributed by atoms with Gasteiger partial charge in [-0.3, -0.25) is 9.52 Å². The minimum Gasteiger partial charge on any atom is -0.491 e. The molecule has 0 fully saturated rings. The molecule has 0 atom stereocenters. The predicted molar refractivity (Wildman–Crippen MR) is 106 cm³/mol. The Bertz CT molecular complexity index is 1160. The maximum absolute atomic E-state index is 14.2. The summed E-state index contributed by atoms with van der Waals surface area (Å²) in [5.41, 5.74) is 0.686. The molecule has 9 nitrogen and oxygen atoms in total. The van der Waals surface area contributed by atoms with Crippen molar-refractivity contribution in [3.63, 3.8) is 0 Å². The van der Waals surface area contributed by atoms with Crippen LogP contribution in [0.15, 0.2) is 53.9 Å². The Morgan fingerprint density at radius 2 is 2.07 bits per heavy atom. The van der Waals surface area contributed by atoms with Crippen LogP contribution in [0.25, 0.3) is 5.69 Å². The minimum absolute atomic E-state index is 0.00974. The van der Waals surface area contributed by atoms with Crippen molar-refractivity contribution >= 4 is 33.3 Å². The van der Waals surface area contributed by atoms with Crippen LogP contribution >= 0.6 is 11.6 Å². The molecule has 2 N–H and O–H groups in total. The van der Waals surface area contributed by atoms with Gasteiger partial charge in [-0.1, -0.05) is 11.6 Å². The number of sulfonamides is 1. The van der Waals surface area contributed by atoms with E-state index in [1.54, 1.807) is 6.07 Å². The molecule has 3 aromatic rings. The van der Waals surface area contributed by atoms with Gasteiger partial charge in [-0.05, 0) is 42.8 Å². The number of carboxylic acid groups (broad SMARTS) is 1. The number of aliphatic carboxylic acids is 1. The Hall–Kier alpha value is -3.18. The molecular weight excluding hydrogens is 439 g/mol. The maximum Gasteiger partial charge on any atom is 0.303 e. The van der Waals surface area contributed by atoms with Crippen molar-refractivity contribution in [1.29, 1.82) is 0 Å². The van der Waals surface area contributed by atoms with Crippen LogP contribution in [-0.2, 0) is 14.8 Å². The molecule has 0 unspecified atom stereocenters. The largest absolute Gasteiger partial charge is 0.491 e. The van der Waals surface area contributed by atoms with Gasteiger partial charge >= 0.3 is 5.97 Å². The fourth-order valence-corrected chi connectivity index (χ4v) is 3.80. The van der Waals surface area contributed by atoms with Crippen LogP contribution in [0.3, 0.4) is 0 Å². The van der Waals surface area contributed by atoms with Crippen molar-refractivity contribution in [2.75, 3.05) is 11.3 Å². The number of halogens is 2. The Labute approximate surface area is 176 Å². The summed E-state index contributed by atoms with van der Waals surface area (Å²) < 4.78 is 48.3. The van der Waals surface area contributed by atoms with Gasteiger partial charge in [0.15, 0.2) is 11.6 Å². The second-order valence-corrected chi connectivity index (χ2v) is 8.14. The first-order valence-electron chi connectivity index (χ1n) is 8.58. The number of hydrogen-bond acceptors (Lipinski definition) is 6. The van der Waals surface area contributed by atoms with Gasteiger partial charge in [0.05, 0.1) is 27.9 Å². The normalized spacial score (nSPS) is 11.3. The summed E-state index contributed by atoms with van der Waals surface area (Å²) in [4.78, 5) is 14.0. The van der Waals surface area contributed by atoms with Crippen molar-refractivity contribution in [3.8, 4) is 11.4 Å². The number of ether oxygens (including phenoxy) is 1. The summed E-state index contributed by atoms with van der Waals surface area (Å²) in [6.45, 7) is -0.00974. The van der Waals surface area contributed by atoms with Gasteiger partial charge in [0, 0.05) is 6.42 Å². The molecule has 0 bridgehead atoms. The van der Waals surface area contributed by atoms with Crippen LogP contribution in [0.1, 0.15) is 12.8 Å². The Morgan fingerprint density at radius 1 is 1.27 bits per heavy atom. The third kappa shape index (κ3) is 5.24. The maximum atomic E-state index is 14.2. The molecular formula is C18H16ClFN4O5S. The first-order chi connectivity index (χ1) is 14.3. The van der Waals surface area contributed by atoms with E-state index in [4.69, 9.17) is 21.4 Å². The lowest BCUT2D eigenvalue weighted by molar-refractivity contribution is -0.137. The zero-order chi connectivity index (χ0) is 21.7. The number of carboxylic acids is 1. The summed E-state index contributed by atoms with van der Waals surface area (Å²) in [5.74, 6) is -2.03. The smallest absolute Gasteiger partial charge is 0.303 e. The van der Waals surface area contributed by atoms with Crippen molar-refractivity contribution in [2.45, 2.75) is 17.7 Å². The lowest BCUT2D eigenvalue weighted by Gasteiger charge is -2.12. The van der Waals surface area contributed by atoms with E-state index in [2.05, 4.69) is 14.8 Å². The van der Waals surface area contributed by atoms with Crippen LogP contribution in [-0.4, -0.2) is 40.9 Å². The Morgan fingerprint density at radius 3 is 2.70 bits per heavy atom. The van der Waals surface area contributed by atoms with Gasteiger partial charge in [0.1, 0.15) is 12.7 Å². The third-order valence-corrected chi connectivity index (χ3v) is 5.55. The number of aromatic nitrogens is 3. The molecule has 0 aliphatic heterocycles. The molecule has 30 heavy (non-hydrogen) atoms. The van der Waals surface area contributed by atoms with Gasteiger partial charge in [-0.2, -0.15) is 5.10 Å². The lowest BCUT2D eigenvalue weighted by Crippen LogP contribution is -2.13. The molecule has 0 spiro atoms. The Kier molecular flexibility index (Phi) is 6.53. The second-order valence-electron chi connectivity index (χ2n) is 6.05. The number of benzene rings is 2. The van der Waals surface area contributed by atoms with E-state index in [1.807, 2.05) is 0 Å². The molecule has 0 aliphatic carbocycles. The zero-order valence-corrected chi connectivity index (χ0v) is 16.9. The molecule has 0 saturated carbocycles. The topological polar surface area (TPSA) is 123 Å². The minimum atomic E-state index is -4.09. The van der Waals surface area contributed by atoms with E-state index in [0.717, 1.165) is 6.07 Å². The van der Waals surface area contributed by atoms with E-state index in [-0.39, 0.29) is 40.8 Å². The number of rotatable bonds is 9. The SMILES string of the molecule is O=C(O)CCCOc1ccc(S(=O)(=O)Nc2ccc(-n3cncn3)c(Cl)c2)cc1F. The van der Waals surface area contributed by atoms with Crippen LogP contribution in [0, 0.1) is 5.82 Å². The number of nitrogens with one attached hydrogen (secondary N) is 1. The molecule has 0 amide bonds. The van der Waals surface area contributed by atoms with Crippen molar-refractivity contribution in [3.05, 3.63) is 59.9 Å². The molecule has 1 aromatic heterocycles. The zero-order valence-electron chi connectivity index (χ0n) is 15.3. The summed E-state index contributed by atoms with van der Waals surface area (Å²) in [7, 11) is -4.09. The average Bonchev–Trinajstić information content (AvgIpc) is 3.20. The van der Waals surface area contributed by atoms with E-state index in [9.17, 15) is 17.6 Å². The summed E-state index contributed by atoms with van der Waals surface area (Å²) >= 11 is 6.18. The van der Waals surface area contributed by atoms with E-state index >= 15 is 0 Å². The fraction of sp³-hybridized carbons (Fsp3) is 0.167. The van der Waals surface area contributed by atoms with Crippen LogP contribution in [0.4, 0.5) is 10.1 Å². The van der Waals surface area contributed by atoms with Gasteiger partial charge in [0.2, 0.25) is 0 Å². The number of nitrogens with zero attached hydrogens (tertiary/aromatic N) is 3. The average molecular weight is 455 g/mol. The summed E-state index contributed by atoms with van der Waals surface area (Å²) in [5, 5.41) is 12.8. The summed E-state index contributed by atoms with van der Waals surface area (Å²) in [6.07, 6.45) is 2.86. The third-order valence-electron chi connectivity index (χ3n) is 3.87. The molecule has 0 radical (unpaired) electrons. The molecule has 0 aliphatic rings. The highest BCUT2D eigenvalue weighted by Gasteiger charge is 2.18. The van der Waals surface area contributed by atoms with Gasteiger partial charge in [-0.25, -0.2) is 22.5 Å². The van der Waals surface area contributed by atoms with Crippen LogP contribution in [0.5, 0.6) is 5.75 Å². The van der Waals surface area contributed by atoms with Crippen molar-refractivity contribution in [1.82, 2.24) is 14.8 Å². The summed E-state index contributed by atoms with van der Waals surface area (Å²) in [6, 6.07) is 7.61. The predicted octanol–water partition coefficient (Wildman–Crippen LogP) is 3.10. The van der Waals surface area contributed by atoms with Crippen LogP contribution < -0.4 is 9.46 Å². The number of carbonyl (C=O) groups is 1. The molecule has 0 saturated heterocycles. The lowest BCUT2D eigenvalue weighted by atomic mass is 10.3. The molecule has 12 heteroatoms. The number of anilines is 1. The van der Waals surface area contributed by atoms with Crippen LogP contribution in [0.2, 0.25) is 5.02 Å². The van der Waals surface area contributed by atoms with E-state index in [0.29, 0.717) is 5.69 Å². The Balaban J connectivity index is 1.72. The standard InChI is InChI=1S/C18H16ClFN4O5S/c19-14-8-12(3-5-16(14)24-11-21-10-22-24)23-30(27,28)13-4-6-17(15(20)9-13)29-7-1-2-18(25)26/h3-6,8-11,23H,1-2,7H2,(H,25,26). The van der Waals surface area contributed by atoms with Gasteiger partial charge in [0.25, 0.3) is 10.0 Å². The molecule has 3 rings (SSSR count). The quantitative estimate of drug-likeness (QED) is 0.476. The monoisotopic (exact) mass is 454 g/mol. The highest BCUT2D eigenvalue weighted by molar-refractivity contribution is 7.92. The first-order valence-corrected chi connectivity index (χ1v) is 10.4. The molecule has 2 aromatic carbocycles. The van der Waals surface area contributed by atoms with Gasteiger partial charge < -0.3 is 9.84 Å². The highest BCUT2D eigenvalue weighted by Crippen LogP contribution is 2.27. The fourth-order valence-electron chi connectivity index (χ4n) is 2.47. The highest BCUT2D eigenvalue weighted by atomic mass is 35.5. The molecule has 158 valence electrons. The van der Waals surface area contributed by atoms with E-state index < -0.39 is 21.8 Å². The van der Waals surface area contributed by atoms with E-state index in [1.165, 1.54) is 41.6 Å². The van der Waals surface area contributed by atoms with Gasteiger partial charge in [-0.15, -0.1) is 0 Å².